The van der Waals surface area contributed by atoms with Crippen molar-refractivity contribution in [2.45, 2.75) is 134 Å². The van der Waals surface area contributed by atoms with Gasteiger partial charge in [0.1, 0.15) is 22.6 Å². The largest absolute Gasteiger partial charge is 0.478 e. The average molecular weight is 1100 g/mol. The van der Waals surface area contributed by atoms with Gasteiger partial charge in [-0.2, -0.15) is 26.3 Å². The Hall–Kier alpha value is -6.35. The van der Waals surface area contributed by atoms with Gasteiger partial charge in [0.25, 0.3) is 0 Å². The van der Waals surface area contributed by atoms with Crippen molar-refractivity contribution in [2.75, 3.05) is 16.9 Å². The summed E-state index contributed by atoms with van der Waals surface area (Å²) in [6, 6.07) is 9.28. The third-order valence-electron chi connectivity index (χ3n) is 13.2. The number of hydrogen-bond acceptors (Lipinski definition) is 11. The maximum Gasteiger partial charge on any atom is 0.421 e. The number of carbonyl (C=O) groups excluding carboxylic acids is 3. The molecule has 0 aliphatic heterocycles. The molecule has 410 valence electrons. The van der Waals surface area contributed by atoms with E-state index in [1.54, 1.807) is 31.1 Å². The number of ether oxygens (including phenoxy) is 3. The van der Waals surface area contributed by atoms with Gasteiger partial charge in [-0.3, -0.25) is 9.59 Å². The molecule has 2 amide bonds. The van der Waals surface area contributed by atoms with Gasteiger partial charge in [-0.15, -0.1) is 11.6 Å². The Kier molecular flexibility index (Phi) is 19.9. The Bertz CT molecular complexity index is 2820. The number of nitrogens with one attached hydrogen (secondary N) is 1. The number of aromatic nitrogens is 4. The molecule has 7 rings (SSSR count). The first-order chi connectivity index (χ1) is 35.9. The van der Waals surface area contributed by atoms with Crippen molar-refractivity contribution in [3.8, 4) is 23.3 Å². The number of carboxylic acids is 1. The van der Waals surface area contributed by atoms with E-state index in [9.17, 15) is 50.6 Å². The highest BCUT2D eigenvalue weighted by Crippen LogP contribution is 2.42. The van der Waals surface area contributed by atoms with Crippen LogP contribution in [-0.2, 0) is 38.3 Å². The molecule has 2 aromatic carbocycles. The zero-order valence-corrected chi connectivity index (χ0v) is 44.6. The molecule has 2 fully saturated rings. The van der Waals surface area contributed by atoms with Crippen molar-refractivity contribution in [3.05, 3.63) is 107 Å². The second-order valence-electron chi connectivity index (χ2n) is 19.6. The number of pyridine rings is 2. The molecule has 5 aromatic rings. The first-order valence-corrected chi connectivity index (χ1v) is 26.3. The Labute approximate surface area is 446 Å². The highest BCUT2D eigenvalue weighted by Gasteiger charge is 2.39. The second-order valence-corrected chi connectivity index (χ2v) is 20.8. The number of rotatable bonds is 16. The molecule has 0 radical (unpaired) electrons. The van der Waals surface area contributed by atoms with Crippen molar-refractivity contribution in [1.82, 2.24) is 19.9 Å². The maximum atomic E-state index is 13.9. The predicted molar refractivity (Wildman–Crippen MR) is 275 cm³/mol. The molecule has 0 saturated heterocycles. The lowest BCUT2D eigenvalue weighted by molar-refractivity contribution is -0.139. The zero-order valence-electron chi connectivity index (χ0n) is 43.1. The fraction of sp³-hybridized carbons (Fsp3) is 0.463. The minimum absolute atomic E-state index is 0.00663. The molecule has 3 heterocycles. The molecule has 0 spiro atoms. The number of amides is 2. The lowest BCUT2D eigenvalue weighted by Crippen LogP contribution is -2.43. The lowest BCUT2D eigenvalue weighted by atomic mass is 9.82. The number of imidazole rings is 1. The maximum absolute atomic E-state index is 13.9. The van der Waals surface area contributed by atoms with Gasteiger partial charge < -0.3 is 34.1 Å². The van der Waals surface area contributed by atoms with Crippen LogP contribution in [0.2, 0.25) is 0 Å². The molecule has 0 unspecified atom stereocenters. The predicted octanol–water partition coefficient (Wildman–Crippen LogP) is 14.2. The highest BCUT2D eigenvalue weighted by molar-refractivity contribution is 7.98. The smallest absolute Gasteiger partial charge is 0.421 e. The van der Waals surface area contributed by atoms with Crippen molar-refractivity contribution in [2.24, 2.45) is 23.7 Å². The van der Waals surface area contributed by atoms with Crippen LogP contribution in [0.3, 0.4) is 0 Å². The third-order valence-corrected chi connectivity index (χ3v) is 14.5. The van der Waals surface area contributed by atoms with E-state index in [1.165, 1.54) is 66.5 Å². The van der Waals surface area contributed by atoms with Crippen LogP contribution in [0.5, 0.6) is 23.3 Å². The number of alkyl halides is 7. The van der Waals surface area contributed by atoms with Crippen LogP contribution in [0.4, 0.5) is 37.7 Å². The van der Waals surface area contributed by atoms with Crippen molar-refractivity contribution in [1.29, 1.82) is 0 Å². The quantitative estimate of drug-likeness (QED) is 0.0414. The van der Waals surface area contributed by atoms with Gasteiger partial charge in [-0.1, -0.05) is 25.6 Å². The number of halogens is 7. The van der Waals surface area contributed by atoms with Gasteiger partial charge in [0, 0.05) is 60.3 Å². The number of carbonyl (C=O) groups is 4. The molecule has 22 heteroatoms. The second kappa shape index (κ2) is 25.7. The Morgan fingerprint density at radius 3 is 1.55 bits per heavy atom. The molecule has 2 aliphatic carbocycles. The number of thioether (sulfide) groups is 1. The molecule has 2 saturated carbocycles. The summed E-state index contributed by atoms with van der Waals surface area (Å²) in [5, 5.41) is 10.5. The van der Waals surface area contributed by atoms with Crippen LogP contribution in [0.15, 0.2) is 78.5 Å². The number of aromatic carboxylic acids is 1. The standard InChI is InChI=1S/C28H31F3N4O4S.C26H30ClF3N2O4/c1-16(2)35(25(36)19-6-4-17(3)5-7-19)23-9-8-20(13-21(23)26(37)38)39-24-22(28(29,30)31)12-18(14-34-24)15-40-27-32-10-11-33-27;1-15(2)32(24(33)18-7-5-16(3)6-8-18)22-10-9-19(12-20(22)25(34)35-4)36-23-21(26(28,29)30)11-17(13-27)14-31-23/h8-14,16-17,19H,4-7,15H2,1-3H3,(H,32,33)(H,37,38);9-12,14-16,18H,5-8,13H2,1-4H3. The summed E-state index contributed by atoms with van der Waals surface area (Å²) in [5.41, 5.74) is -1.43. The Balaban J connectivity index is 0.000000248. The highest BCUT2D eigenvalue weighted by atomic mass is 35.5. The summed E-state index contributed by atoms with van der Waals surface area (Å²) in [6.45, 7) is 11.6. The Morgan fingerprint density at radius 2 is 1.14 bits per heavy atom. The molecule has 76 heavy (non-hydrogen) atoms. The first-order valence-electron chi connectivity index (χ1n) is 24.8. The molecular weight excluding hydrogens is 1040 g/mol. The minimum atomic E-state index is -4.76. The van der Waals surface area contributed by atoms with Gasteiger partial charge in [0.15, 0.2) is 5.16 Å². The number of esters is 1. The van der Waals surface area contributed by atoms with Crippen LogP contribution in [0.25, 0.3) is 0 Å². The number of hydrogen-bond donors (Lipinski definition) is 2. The van der Waals surface area contributed by atoms with Gasteiger partial charge in [0.2, 0.25) is 23.6 Å². The van der Waals surface area contributed by atoms with E-state index in [1.807, 2.05) is 13.8 Å². The van der Waals surface area contributed by atoms with Crippen molar-refractivity contribution in [3.63, 3.8) is 0 Å². The SMILES string of the molecule is CC1CCC(C(=O)N(c2ccc(Oc3ncc(CSc4ncc[nH]4)cc3C(F)(F)F)cc2C(=O)O)C(C)C)CC1.COC(=O)c1cc(Oc2ncc(CCl)cc2C(F)(F)F)ccc1N(C(=O)C1CCC(C)CC1)C(C)C. The Morgan fingerprint density at radius 1 is 0.697 bits per heavy atom. The van der Waals surface area contributed by atoms with Crippen LogP contribution in [0, 0.1) is 23.7 Å². The van der Waals surface area contributed by atoms with Crippen LogP contribution >= 0.6 is 23.4 Å². The van der Waals surface area contributed by atoms with Gasteiger partial charge in [-0.05, 0) is 151 Å². The van der Waals surface area contributed by atoms with E-state index in [0.717, 1.165) is 69.6 Å². The number of aromatic amines is 1. The monoisotopic (exact) mass is 1100 g/mol. The molecule has 0 atom stereocenters. The van der Waals surface area contributed by atoms with Crippen molar-refractivity contribution < 1.29 is 64.8 Å². The molecule has 2 N–H and O–H groups in total. The number of anilines is 2. The van der Waals surface area contributed by atoms with Crippen LogP contribution < -0.4 is 19.3 Å². The van der Waals surface area contributed by atoms with E-state index in [2.05, 4.69) is 33.8 Å². The van der Waals surface area contributed by atoms with E-state index in [0.29, 0.717) is 28.2 Å². The van der Waals surface area contributed by atoms with E-state index in [-0.39, 0.29) is 81.2 Å². The van der Waals surface area contributed by atoms with Crippen molar-refractivity contribution >= 4 is 58.5 Å². The summed E-state index contributed by atoms with van der Waals surface area (Å²) >= 11 is 6.88. The normalized spacial score (nSPS) is 17.8. The average Bonchev–Trinajstić information content (AvgIpc) is 3.90. The summed E-state index contributed by atoms with van der Waals surface area (Å²) in [5.74, 6) is -3.09. The molecule has 0 bridgehead atoms. The molecule has 3 aromatic heterocycles. The summed E-state index contributed by atoms with van der Waals surface area (Å²) in [6.07, 6.45) is 2.89. The number of benzene rings is 2. The van der Waals surface area contributed by atoms with E-state index in [4.69, 9.17) is 25.8 Å². The minimum Gasteiger partial charge on any atom is -0.478 e. The number of carboxylic acid groups (broad SMARTS) is 1. The zero-order chi connectivity index (χ0) is 55.6. The topological polar surface area (TPSA) is 177 Å². The van der Waals surface area contributed by atoms with E-state index < -0.39 is 47.2 Å². The number of H-pyrrole nitrogens is 1. The van der Waals surface area contributed by atoms with Crippen LogP contribution in [0.1, 0.15) is 136 Å². The number of nitrogens with zero attached hydrogens (tertiary/aromatic N) is 5. The fourth-order valence-corrected chi connectivity index (χ4v) is 10.0. The fourth-order valence-electron chi connectivity index (χ4n) is 9.15. The van der Waals surface area contributed by atoms with Gasteiger partial charge in [-0.25, -0.2) is 24.5 Å². The summed E-state index contributed by atoms with van der Waals surface area (Å²) in [4.78, 5) is 69.5. The van der Waals surface area contributed by atoms with Gasteiger partial charge in [0.05, 0.1) is 29.6 Å². The molecular formula is C54H61ClF6N6O8S. The van der Waals surface area contributed by atoms with Crippen LogP contribution in [-0.4, -0.2) is 68.0 Å². The molecule has 14 nitrogen and oxygen atoms in total. The third kappa shape index (κ3) is 15.0. The first kappa shape index (κ1) is 58.9. The lowest BCUT2D eigenvalue weighted by Gasteiger charge is -2.34. The summed E-state index contributed by atoms with van der Waals surface area (Å²) < 4.78 is 98.4. The van der Waals surface area contributed by atoms with E-state index >= 15 is 0 Å². The number of methoxy groups -OCH3 is 1. The van der Waals surface area contributed by atoms with Gasteiger partial charge >= 0.3 is 24.3 Å². The molecule has 2 aliphatic rings. The summed E-state index contributed by atoms with van der Waals surface area (Å²) in [7, 11) is 1.19.